The van der Waals surface area contributed by atoms with Crippen LogP contribution in [0.25, 0.3) is 0 Å². The largest absolute Gasteiger partial charge is 0.461 e. The van der Waals surface area contributed by atoms with Gasteiger partial charge in [0.25, 0.3) is 12.1 Å². The number of carbonyl (C=O) groups is 2. The van der Waals surface area contributed by atoms with E-state index in [2.05, 4.69) is 5.09 Å². The SMILES string of the molecule is C[C@H](NP(=O)(OC[C@H]1O[C@@H]([n+]2cccc(C(N)=O)c2)C2OC(C)(C)O[C@H]21)Oc1ccccc1)C(=O)OC1CCCCC1. The molecular formula is C29H39N3O9P+. The van der Waals surface area contributed by atoms with Crippen LogP contribution in [0.1, 0.15) is 69.5 Å². The summed E-state index contributed by atoms with van der Waals surface area (Å²) in [5.74, 6) is -1.73. The van der Waals surface area contributed by atoms with E-state index in [0.29, 0.717) is 11.3 Å². The molecule has 6 atom stereocenters. The molecule has 1 aromatic heterocycles. The van der Waals surface area contributed by atoms with Gasteiger partial charge in [0.15, 0.2) is 24.3 Å². The normalized spacial score (nSPS) is 27.5. The summed E-state index contributed by atoms with van der Waals surface area (Å²) in [7, 11) is -4.13. The van der Waals surface area contributed by atoms with E-state index in [0.717, 1.165) is 32.1 Å². The van der Waals surface area contributed by atoms with Gasteiger partial charge in [0, 0.05) is 6.07 Å². The van der Waals surface area contributed by atoms with Gasteiger partial charge < -0.3 is 29.2 Å². The molecule has 1 aliphatic carbocycles. The number of benzene rings is 1. The van der Waals surface area contributed by atoms with Crippen molar-refractivity contribution in [2.24, 2.45) is 5.73 Å². The number of aromatic nitrogens is 1. The van der Waals surface area contributed by atoms with Crippen molar-refractivity contribution in [3.05, 3.63) is 60.4 Å². The molecule has 0 bridgehead atoms. The molecule has 0 radical (unpaired) electrons. The van der Waals surface area contributed by atoms with Crippen LogP contribution in [0.15, 0.2) is 54.9 Å². The number of esters is 1. The molecule has 2 aromatic rings. The summed E-state index contributed by atoms with van der Waals surface area (Å²) in [6, 6.07) is 10.9. The second-order valence-electron chi connectivity index (χ2n) is 11.3. The number of hydrogen-bond donors (Lipinski definition) is 2. The minimum Gasteiger partial charge on any atom is -0.461 e. The lowest BCUT2D eigenvalue weighted by Crippen LogP contribution is -2.46. The van der Waals surface area contributed by atoms with Gasteiger partial charge in [-0.25, -0.2) is 4.57 Å². The molecule has 1 saturated carbocycles. The standard InChI is InChI=1S/C29H38N3O9P/c1-19(28(34)37-21-12-6-4-7-13-21)31-42(35,41-22-14-8-5-9-15-22)36-18-23-24-25(40-29(2,3)39-24)27(38-23)32-16-10-11-20(17-32)26(30)33/h5,8-11,14-17,19,21,23-25,27H,4,6-7,12-13,18H2,1-3H3,(H2-,30,31,33,35)/p+1/t19-,23+,24-,25?,27+,42?/m0/s1. The maximum Gasteiger partial charge on any atom is 0.459 e. The molecule has 12 nitrogen and oxygen atoms in total. The van der Waals surface area contributed by atoms with Crippen LogP contribution in [-0.2, 0) is 32.8 Å². The molecule has 3 aliphatic rings. The monoisotopic (exact) mass is 604 g/mol. The van der Waals surface area contributed by atoms with Crippen molar-refractivity contribution in [2.45, 2.75) is 95.3 Å². The quantitative estimate of drug-likeness (QED) is 0.222. The molecule has 1 aromatic carbocycles. The molecule has 3 fully saturated rings. The number of fused-ring (bicyclic) bond motifs is 1. The molecule has 42 heavy (non-hydrogen) atoms. The van der Waals surface area contributed by atoms with Gasteiger partial charge in [0.2, 0.25) is 0 Å². The highest BCUT2D eigenvalue weighted by molar-refractivity contribution is 7.52. The van der Waals surface area contributed by atoms with Crippen LogP contribution < -0.4 is 19.9 Å². The van der Waals surface area contributed by atoms with E-state index in [4.69, 9.17) is 33.7 Å². The lowest BCUT2D eigenvalue weighted by molar-refractivity contribution is -0.766. The van der Waals surface area contributed by atoms with Crippen molar-refractivity contribution in [1.82, 2.24) is 5.09 Å². The number of para-hydroxylation sites is 1. The molecule has 13 heteroatoms. The minimum absolute atomic E-state index is 0.153. The van der Waals surface area contributed by atoms with Crippen LogP contribution in [0.2, 0.25) is 0 Å². The van der Waals surface area contributed by atoms with Crippen LogP contribution in [0.4, 0.5) is 0 Å². The predicted molar refractivity (Wildman–Crippen MR) is 149 cm³/mol. The molecule has 2 aliphatic heterocycles. The summed E-state index contributed by atoms with van der Waals surface area (Å²) in [6.07, 6.45) is 5.37. The van der Waals surface area contributed by atoms with E-state index in [9.17, 15) is 14.2 Å². The second-order valence-corrected chi connectivity index (χ2v) is 13.0. The van der Waals surface area contributed by atoms with Gasteiger partial charge in [-0.3, -0.25) is 14.1 Å². The zero-order valence-corrected chi connectivity index (χ0v) is 24.9. The number of primary amides is 1. The van der Waals surface area contributed by atoms with E-state index in [-0.39, 0.29) is 12.7 Å². The molecule has 1 amide bonds. The van der Waals surface area contributed by atoms with Gasteiger partial charge in [-0.15, -0.1) is 0 Å². The number of pyridine rings is 1. The minimum atomic E-state index is -4.13. The number of ether oxygens (including phenoxy) is 4. The van der Waals surface area contributed by atoms with Crippen molar-refractivity contribution in [2.75, 3.05) is 6.61 Å². The Morgan fingerprint density at radius 1 is 1.10 bits per heavy atom. The average Bonchev–Trinajstić information content (AvgIpc) is 3.45. The van der Waals surface area contributed by atoms with E-state index >= 15 is 0 Å². The molecule has 2 saturated heterocycles. The molecular weight excluding hydrogens is 565 g/mol. The Morgan fingerprint density at radius 3 is 2.52 bits per heavy atom. The Morgan fingerprint density at radius 2 is 1.81 bits per heavy atom. The molecule has 2 unspecified atom stereocenters. The van der Waals surface area contributed by atoms with Crippen LogP contribution in [0.5, 0.6) is 5.75 Å². The zero-order chi connectivity index (χ0) is 29.9. The first-order chi connectivity index (χ1) is 20.0. The Kier molecular flexibility index (Phi) is 9.31. The Bertz CT molecular complexity index is 1300. The zero-order valence-electron chi connectivity index (χ0n) is 24.0. The van der Waals surface area contributed by atoms with Gasteiger partial charge in [0.05, 0.1) is 6.61 Å². The number of rotatable bonds is 11. The second kappa shape index (κ2) is 12.8. The third kappa shape index (κ3) is 7.37. The summed E-state index contributed by atoms with van der Waals surface area (Å²) in [6.45, 7) is 4.92. The molecule has 228 valence electrons. The van der Waals surface area contributed by atoms with Gasteiger partial charge in [-0.2, -0.15) is 9.65 Å². The highest BCUT2D eigenvalue weighted by Gasteiger charge is 2.59. The van der Waals surface area contributed by atoms with Crippen LogP contribution in [0, 0.1) is 0 Å². The maximum absolute atomic E-state index is 14.1. The number of hydrogen-bond acceptors (Lipinski definition) is 9. The number of nitrogens with one attached hydrogen (secondary N) is 1. The lowest BCUT2D eigenvalue weighted by Gasteiger charge is -2.27. The van der Waals surface area contributed by atoms with E-state index in [1.54, 1.807) is 80.2 Å². The predicted octanol–water partition coefficient (Wildman–Crippen LogP) is 3.55. The highest BCUT2D eigenvalue weighted by atomic mass is 31.2. The maximum atomic E-state index is 14.1. The fourth-order valence-electron chi connectivity index (χ4n) is 5.45. The smallest absolute Gasteiger partial charge is 0.459 e. The number of nitrogens with two attached hydrogens (primary N) is 1. The van der Waals surface area contributed by atoms with Gasteiger partial charge in [-0.1, -0.05) is 24.6 Å². The number of nitrogens with zero attached hydrogens (tertiary/aromatic N) is 1. The average molecular weight is 605 g/mol. The Labute approximate surface area is 245 Å². The Balaban J connectivity index is 1.32. The third-order valence-corrected chi connectivity index (χ3v) is 9.09. The molecule has 3 N–H and O–H groups in total. The third-order valence-electron chi connectivity index (χ3n) is 7.44. The molecule has 5 rings (SSSR count). The van der Waals surface area contributed by atoms with Crippen molar-refractivity contribution < 1.29 is 46.7 Å². The van der Waals surface area contributed by atoms with Crippen molar-refractivity contribution in [3.8, 4) is 5.75 Å². The first-order valence-corrected chi connectivity index (χ1v) is 15.9. The van der Waals surface area contributed by atoms with Crippen molar-refractivity contribution >= 4 is 19.6 Å². The first kappa shape index (κ1) is 30.6. The molecule has 3 heterocycles. The van der Waals surface area contributed by atoms with Crippen LogP contribution >= 0.6 is 7.75 Å². The van der Waals surface area contributed by atoms with Gasteiger partial charge in [0.1, 0.15) is 35.7 Å². The summed E-state index contributed by atoms with van der Waals surface area (Å²) >= 11 is 0. The molecule has 0 spiro atoms. The van der Waals surface area contributed by atoms with E-state index in [1.807, 2.05) is 0 Å². The van der Waals surface area contributed by atoms with Crippen LogP contribution in [-0.4, -0.2) is 54.7 Å². The number of carbonyl (C=O) groups excluding carboxylic acids is 2. The highest BCUT2D eigenvalue weighted by Crippen LogP contribution is 2.47. The van der Waals surface area contributed by atoms with Crippen molar-refractivity contribution in [3.63, 3.8) is 0 Å². The van der Waals surface area contributed by atoms with Gasteiger partial charge >= 0.3 is 13.7 Å². The van der Waals surface area contributed by atoms with E-state index in [1.165, 1.54) is 0 Å². The summed E-state index contributed by atoms with van der Waals surface area (Å²) < 4.78 is 51.7. The summed E-state index contributed by atoms with van der Waals surface area (Å²) in [5, 5.41) is 2.75. The van der Waals surface area contributed by atoms with Gasteiger partial charge in [-0.05, 0) is 64.7 Å². The van der Waals surface area contributed by atoms with Crippen LogP contribution in [0.3, 0.4) is 0 Å². The number of amides is 1. The Hall–Kier alpha value is -2.86. The lowest BCUT2D eigenvalue weighted by atomic mass is 9.98. The summed E-state index contributed by atoms with van der Waals surface area (Å²) in [4.78, 5) is 24.7. The fraction of sp³-hybridized carbons (Fsp3) is 0.552. The summed E-state index contributed by atoms with van der Waals surface area (Å²) in [5.41, 5.74) is 5.78. The topological polar surface area (TPSA) is 149 Å². The van der Waals surface area contributed by atoms with E-state index < -0.39 is 56.0 Å². The fourth-order valence-corrected chi connectivity index (χ4v) is 6.95. The van der Waals surface area contributed by atoms with Crippen molar-refractivity contribution in [1.29, 1.82) is 0 Å². The first-order valence-electron chi connectivity index (χ1n) is 14.3.